The molecule has 4 aromatic rings. The van der Waals surface area contributed by atoms with E-state index in [-0.39, 0.29) is 11.9 Å². The SMILES string of the molecule is CN(C)c1ccc(C(=O)Nc2cc(Cl)cc(-c3ccc4nc(N)ncc4c3)c2)cc1. The molecule has 150 valence electrons. The van der Waals surface area contributed by atoms with Crippen LogP contribution >= 0.6 is 11.6 Å². The highest BCUT2D eigenvalue weighted by Gasteiger charge is 2.10. The molecule has 0 bridgehead atoms. The van der Waals surface area contributed by atoms with Crippen molar-refractivity contribution in [2.75, 3.05) is 30.0 Å². The lowest BCUT2D eigenvalue weighted by molar-refractivity contribution is 0.102. The van der Waals surface area contributed by atoms with Crippen molar-refractivity contribution < 1.29 is 4.79 Å². The number of nitrogens with zero attached hydrogens (tertiary/aromatic N) is 3. The van der Waals surface area contributed by atoms with E-state index < -0.39 is 0 Å². The summed E-state index contributed by atoms with van der Waals surface area (Å²) in [5.41, 5.74) is 10.4. The molecular weight excluding hydrogens is 398 g/mol. The minimum absolute atomic E-state index is 0.198. The van der Waals surface area contributed by atoms with Crippen molar-refractivity contribution in [2.45, 2.75) is 0 Å². The first-order valence-electron chi connectivity index (χ1n) is 9.31. The number of aromatic nitrogens is 2. The number of rotatable bonds is 4. The van der Waals surface area contributed by atoms with Gasteiger partial charge in [-0.15, -0.1) is 0 Å². The molecule has 0 saturated heterocycles. The molecule has 1 heterocycles. The second kappa shape index (κ2) is 8.00. The van der Waals surface area contributed by atoms with Gasteiger partial charge in [-0.1, -0.05) is 17.7 Å². The molecule has 0 spiro atoms. The predicted molar refractivity (Wildman–Crippen MR) is 123 cm³/mol. The maximum atomic E-state index is 12.7. The van der Waals surface area contributed by atoms with E-state index >= 15 is 0 Å². The largest absolute Gasteiger partial charge is 0.378 e. The average Bonchev–Trinajstić information content (AvgIpc) is 2.73. The monoisotopic (exact) mass is 417 g/mol. The first-order chi connectivity index (χ1) is 14.4. The Hall–Kier alpha value is -3.64. The third-order valence-corrected chi connectivity index (χ3v) is 4.95. The Kier molecular flexibility index (Phi) is 5.25. The summed E-state index contributed by atoms with van der Waals surface area (Å²) < 4.78 is 0. The summed E-state index contributed by atoms with van der Waals surface area (Å²) in [6.45, 7) is 0. The molecular formula is C23H20ClN5O. The smallest absolute Gasteiger partial charge is 0.255 e. The first kappa shape index (κ1) is 19.7. The van der Waals surface area contributed by atoms with Crippen LogP contribution in [0.5, 0.6) is 0 Å². The number of hydrogen-bond donors (Lipinski definition) is 2. The van der Waals surface area contributed by atoms with Crippen molar-refractivity contribution in [3.63, 3.8) is 0 Å². The molecule has 1 amide bonds. The summed E-state index contributed by atoms with van der Waals surface area (Å²) in [7, 11) is 3.91. The van der Waals surface area contributed by atoms with E-state index in [2.05, 4.69) is 15.3 Å². The maximum Gasteiger partial charge on any atom is 0.255 e. The molecule has 0 aliphatic heterocycles. The number of amides is 1. The van der Waals surface area contributed by atoms with Crippen LogP contribution in [-0.2, 0) is 0 Å². The number of nitrogen functional groups attached to an aromatic ring is 1. The fourth-order valence-electron chi connectivity index (χ4n) is 3.17. The topological polar surface area (TPSA) is 84.1 Å². The Morgan fingerprint density at radius 2 is 1.77 bits per heavy atom. The van der Waals surface area contributed by atoms with Crippen molar-refractivity contribution in [3.8, 4) is 11.1 Å². The molecule has 3 aromatic carbocycles. The van der Waals surface area contributed by atoms with Gasteiger partial charge in [-0.05, 0) is 65.7 Å². The van der Waals surface area contributed by atoms with Crippen LogP contribution in [-0.4, -0.2) is 30.0 Å². The minimum Gasteiger partial charge on any atom is -0.378 e. The number of benzene rings is 3. The number of hydrogen-bond acceptors (Lipinski definition) is 5. The summed E-state index contributed by atoms with van der Waals surface area (Å²) in [6.07, 6.45) is 1.69. The highest BCUT2D eigenvalue weighted by atomic mass is 35.5. The molecule has 7 heteroatoms. The number of carbonyl (C=O) groups is 1. The molecule has 4 rings (SSSR count). The number of nitrogens with two attached hydrogens (primary N) is 1. The zero-order valence-corrected chi connectivity index (χ0v) is 17.3. The average molecular weight is 418 g/mol. The molecule has 0 aliphatic rings. The van der Waals surface area contributed by atoms with Crippen LogP contribution in [0, 0.1) is 0 Å². The van der Waals surface area contributed by atoms with E-state index in [1.807, 2.05) is 61.5 Å². The fourth-order valence-corrected chi connectivity index (χ4v) is 3.41. The van der Waals surface area contributed by atoms with Crippen LogP contribution in [0.3, 0.4) is 0 Å². The van der Waals surface area contributed by atoms with Crippen LogP contribution in [0.1, 0.15) is 10.4 Å². The summed E-state index contributed by atoms with van der Waals surface area (Å²) in [6, 6.07) is 18.6. The molecule has 3 N–H and O–H groups in total. The van der Waals surface area contributed by atoms with E-state index in [1.165, 1.54) is 0 Å². The third kappa shape index (κ3) is 4.18. The number of fused-ring (bicyclic) bond motifs is 1. The molecule has 1 aromatic heterocycles. The standard InChI is InChI=1S/C23H20ClN5O/c1-29(2)20-6-3-14(4-7-20)22(30)27-19-11-16(10-18(24)12-19)15-5-8-21-17(9-15)13-26-23(25)28-21/h3-13H,1-2H3,(H,27,30)(H2,25,26,28). The predicted octanol–water partition coefficient (Wildman–Crippen LogP) is 4.85. The van der Waals surface area contributed by atoms with Gasteiger partial charge in [0.25, 0.3) is 5.91 Å². The normalized spacial score (nSPS) is 10.8. The van der Waals surface area contributed by atoms with Gasteiger partial charge in [0.15, 0.2) is 0 Å². The summed E-state index contributed by atoms with van der Waals surface area (Å²) in [5.74, 6) is 0.0394. The van der Waals surface area contributed by atoms with E-state index in [9.17, 15) is 4.79 Å². The van der Waals surface area contributed by atoms with Gasteiger partial charge in [-0.3, -0.25) is 4.79 Å². The number of nitrogens with one attached hydrogen (secondary N) is 1. The molecule has 30 heavy (non-hydrogen) atoms. The summed E-state index contributed by atoms with van der Waals surface area (Å²) in [5, 5.41) is 4.32. The van der Waals surface area contributed by atoms with Gasteiger partial charge < -0.3 is 16.0 Å². The van der Waals surface area contributed by atoms with Crippen molar-refractivity contribution >= 4 is 45.7 Å². The molecule has 0 fully saturated rings. The van der Waals surface area contributed by atoms with Gasteiger partial charge in [-0.25, -0.2) is 9.97 Å². The van der Waals surface area contributed by atoms with Crippen LogP contribution in [0.15, 0.2) is 66.9 Å². The Labute approximate surface area is 179 Å². The second-order valence-corrected chi connectivity index (χ2v) is 7.56. The van der Waals surface area contributed by atoms with E-state index in [1.54, 1.807) is 24.4 Å². The summed E-state index contributed by atoms with van der Waals surface area (Å²) >= 11 is 6.33. The summed E-state index contributed by atoms with van der Waals surface area (Å²) in [4.78, 5) is 22.9. The molecule has 6 nitrogen and oxygen atoms in total. The van der Waals surface area contributed by atoms with Crippen LogP contribution < -0.4 is 16.0 Å². The lowest BCUT2D eigenvalue weighted by atomic mass is 10.0. The van der Waals surface area contributed by atoms with Gasteiger partial charge in [0.2, 0.25) is 5.95 Å². The molecule has 0 radical (unpaired) electrons. The van der Waals surface area contributed by atoms with Gasteiger partial charge >= 0.3 is 0 Å². The first-order valence-corrected chi connectivity index (χ1v) is 9.69. The van der Waals surface area contributed by atoms with Crippen LogP contribution in [0.2, 0.25) is 5.02 Å². The van der Waals surface area contributed by atoms with Gasteiger partial charge in [0.05, 0.1) is 5.52 Å². The van der Waals surface area contributed by atoms with Gasteiger partial charge in [-0.2, -0.15) is 0 Å². The zero-order valence-electron chi connectivity index (χ0n) is 16.6. The Balaban J connectivity index is 1.61. The number of halogens is 1. The Bertz CT molecular complexity index is 1240. The van der Waals surface area contributed by atoms with E-state index in [4.69, 9.17) is 17.3 Å². The quantitative estimate of drug-likeness (QED) is 0.495. The zero-order chi connectivity index (χ0) is 21.3. The highest BCUT2D eigenvalue weighted by molar-refractivity contribution is 6.31. The minimum atomic E-state index is -0.198. The molecule has 0 atom stereocenters. The Morgan fingerprint density at radius 3 is 2.50 bits per heavy atom. The second-order valence-electron chi connectivity index (χ2n) is 7.13. The molecule has 0 aliphatic carbocycles. The van der Waals surface area contributed by atoms with E-state index in [0.717, 1.165) is 27.7 Å². The van der Waals surface area contributed by atoms with Gasteiger partial charge in [0.1, 0.15) is 0 Å². The van der Waals surface area contributed by atoms with Gasteiger partial charge in [0, 0.05) is 47.6 Å². The van der Waals surface area contributed by atoms with Crippen molar-refractivity contribution in [1.29, 1.82) is 0 Å². The molecule has 0 saturated carbocycles. The fraction of sp³-hybridized carbons (Fsp3) is 0.0870. The number of carbonyl (C=O) groups excluding carboxylic acids is 1. The lowest BCUT2D eigenvalue weighted by Gasteiger charge is -2.13. The highest BCUT2D eigenvalue weighted by Crippen LogP contribution is 2.29. The maximum absolute atomic E-state index is 12.7. The van der Waals surface area contributed by atoms with Crippen molar-refractivity contribution in [1.82, 2.24) is 9.97 Å². The van der Waals surface area contributed by atoms with Crippen molar-refractivity contribution in [3.05, 3.63) is 77.4 Å². The van der Waals surface area contributed by atoms with E-state index in [0.29, 0.717) is 16.3 Å². The van der Waals surface area contributed by atoms with Crippen molar-refractivity contribution in [2.24, 2.45) is 0 Å². The van der Waals surface area contributed by atoms with Crippen LogP contribution in [0.4, 0.5) is 17.3 Å². The third-order valence-electron chi connectivity index (χ3n) is 4.73. The number of anilines is 3. The lowest BCUT2D eigenvalue weighted by Crippen LogP contribution is -2.13. The van der Waals surface area contributed by atoms with Crippen LogP contribution in [0.25, 0.3) is 22.0 Å². The Morgan fingerprint density at radius 1 is 1.00 bits per heavy atom. The molecule has 0 unspecified atom stereocenters.